The molecule has 2 rings (SSSR count). The minimum Gasteiger partial charge on any atom is -0.369 e. The van der Waals surface area contributed by atoms with Gasteiger partial charge in [-0.15, -0.1) is 0 Å². The van der Waals surface area contributed by atoms with Gasteiger partial charge in [-0.05, 0) is 0 Å². The fourth-order valence-electron chi connectivity index (χ4n) is 1.75. The number of phosphoric acid groups is 1. The monoisotopic (exact) mass is 384 g/mol. The zero-order valence-corrected chi connectivity index (χ0v) is 15.7. The molecule has 13 nitrogen and oxygen atoms in total. The second-order valence-electron chi connectivity index (χ2n) is 4.40. The van der Waals surface area contributed by atoms with Gasteiger partial charge in [-0.1, -0.05) is 0 Å². The second-order valence-corrected chi connectivity index (χ2v) is 5.64. The Hall–Kier alpha value is -1.44. The largest absolute Gasteiger partial charge is 1.00 e. The van der Waals surface area contributed by atoms with Gasteiger partial charge < -0.3 is 25.1 Å². The van der Waals surface area contributed by atoms with Gasteiger partial charge in [0.05, 0.1) is 12.9 Å². The van der Waals surface area contributed by atoms with Crippen LogP contribution in [0.1, 0.15) is 6.23 Å². The van der Waals surface area contributed by atoms with Crippen LogP contribution < -0.4 is 40.9 Å². The van der Waals surface area contributed by atoms with Gasteiger partial charge in [0.15, 0.2) is 30.0 Å². The first kappa shape index (κ1) is 21.6. The van der Waals surface area contributed by atoms with Crippen molar-refractivity contribution >= 4 is 37.5 Å². The van der Waals surface area contributed by atoms with Crippen molar-refractivity contribution in [3.8, 4) is 0 Å². The molecule has 0 aliphatic heterocycles. The van der Waals surface area contributed by atoms with E-state index in [4.69, 9.17) is 20.3 Å². The fraction of sp³-hybridized carbons (Fsp3) is 0.300. The second kappa shape index (κ2) is 8.78. The summed E-state index contributed by atoms with van der Waals surface area (Å²) in [7, 11) is -4.82. The molecule has 0 aliphatic carbocycles. The van der Waals surface area contributed by atoms with Gasteiger partial charge in [-0.2, -0.15) is 4.98 Å². The van der Waals surface area contributed by atoms with Gasteiger partial charge in [0, 0.05) is 0 Å². The quantitative estimate of drug-likeness (QED) is 0.193. The number of H-pyrrole nitrogens is 1. The van der Waals surface area contributed by atoms with Crippen LogP contribution >= 0.6 is 7.82 Å². The SMILES string of the molecule is Nc1nc2c(ncn2C(C=O)OC(C=O)COP(=O)(O)O)c(=O)[nH]1.[Na+]. The van der Waals surface area contributed by atoms with Crippen LogP contribution in [0.15, 0.2) is 11.1 Å². The summed E-state index contributed by atoms with van der Waals surface area (Å²) in [5.74, 6) is -0.226. The van der Waals surface area contributed by atoms with Crippen LogP contribution in [-0.2, 0) is 23.4 Å². The molecule has 2 atom stereocenters. The number of hydrogen-bond acceptors (Lipinski definition) is 9. The number of carbonyl (C=O) groups is 2. The Kier molecular flexibility index (Phi) is 7.59. The predicted molar refractivity (Wildman–Crippen MR) is 76.6 cm³/mol. The molecule has 0 saturated heterocycles. The number of aromatic nitrogens is 4. The molecule has 2 aromatic heterocycles. The number of carbonyl (C=O) groups excluding carboxylic acids is 2. The van der Waals surface area contributed by atoms with Crippen molar-refractivity contribution in [2.45, 2.75) is 12.3 Å². The van der Waals surface area contributed by atoms with Crippen LogP contribution in [-0.4, -0.2) is 54.6 Å². The summed E-state index contributed by atoms with van der Waals surface area (Å²) in [6.07, 6.45) is -1.39. The third-order valence-corrected chi connectivity index (χ3v) is 3.20. The number of nitrogens with zero attached hydrogens (tertiary/aromatic N) is 3. The Bertz CT molecular complexity index is 863. The fourth-order valence-corrected chi connectivity index (χ4v) is 2.09. The zero-order chi connectivity index (χ0) is 17.9. The Morgan fingerprint density at radius 3 is 2.64 bits per heavy atom. The minimum absolute atomic E-state index is 0. The summed E-state index contributed by atoms with van der Waals surface area (Å²) < 4.78 is 20.9. The smallest absolute Gasteiger partial charge is 0.369 e. The molecule has 130 valence electrons. The molecule has 0 aromatic carbocycles. The number of nitrogens with two attached hydrogens (primary N) is 1. The van der Waals surface area contributed by atoms with Crippen LogP contribution in [0.2, 0.25) is 0 Å². The summed E-state index contributed by atoms with van der Waals surface area (Å²) in [4.78, 5) is 60.9. The Labute approximate surface area is 161 Å². The van der Waals surface area contributed by atoms with E-state index in [-0.39, 0.29) is 59.2 Å². The van der Waals surface area contributed by atoms with E-state index >= 15 is 0 Å². The van der Waals surface area contributed by atoms with E-state index < -0.39 is 32.3 Å². The molecule has 0 aliphatic rings. The Morgan fingerprint density at radius 1 is 1.40 bits per heavy atom. The normalized spacial score (nSPS) is 13.8. The van der Waals surface area contributed by atoms with E-state index in [1.165, 1.54) is 0 Å². The summed E-state index contributed by atoms with van der Waals surface area (Å²) in [6, 6.07) is 0. The molecule has 2 aromatic rings. The van der Waals surface area contributed by atoms with E-state index in [2.05, 4.69) is 19.5 Å². The summed E-state index contributed by atoms with van der Waals surface area (Å²) in [5, 5.41) is 0. The maximum atomic E-state index is 11.7. The molecule has 0 fully saturated rings. The van der Waals surface area contributed by atoms with Crippen LogP contribution in [0, 0.1) is 0 Å². The van der Waals surface area contributed by atoms with Gasteiger partial charge in [-0.3, -0.25) is 23.7 Å². The van der Waals surface area contributed by atoms with E-state index in [9.17, 15) is 18.9 Å². The molecular formula is C10H12N5NaO8P+. The molecular weight excluding hydrogens is 372 g/mol. The summed E-state index contributed by atoms with van der Waals surface area (Å²) in [6.45, 7) is -0.791. The number of nitrogens with one attached hydrogen (secondary N) is 1. The minimum atomic E-state index is -4.82. The third kappa shape index (κ3) is 5.52. The number of anilines is 1. The summed E-state index contributed by atoms with van der Waals surface area (Å²) >= 11 is 0. The van der Waals surface area contributed by atoms with Crippen LogP contribution in [0.3, 0.4) is 0 Å². The first-order valence-electron chi connectivity index (χ1n) is 6.23. The number of imidazole rings is 1. The molecule has 0 radical (unpaired) electrons. The number of fused-ring (bicyclic) bond motifs is 1. The first-order valence-corrected chi connectivity index (χ1v) is 7.76. The van der Waals surface area contributed by atoms with Gasteiger partial charge in [0.1, 0.15) is 6.10 Å². The van der Waals surface area contributed by atoms with Crippen molar-refractivity contribution in [1.29, 1.82) is 0 Å². The zero-order valence-electron chi connectivity index (χ0n) is 12.8. The van der Waals surface area contributed by atoms with Crippen molar-refractivity contribution in [3.05, 3.63) is 16.7 Å². The molecule has 2 unspecified atom stereocenters. The number of phosphoric ester groups is 1. The van der Waals surface area contributed by atoms with Crippen molar-refractivity contribution in [2.75, 3.05) is 12.3 Å². The maximum Gasteiger partial charge on any atom is 1.00 e. The molecule has 25 heavy (non-hydrogen) atoms. The molecule has 0 spiro atoms. The number of ether oxygens (including phenoxy) is 1. The van der Waals surface area contributed by atoms with Crippen molar-refractivity contribution in [3.63, 3.8) is 0 Å². The van der Waals surface area contributed by atoms with Crippen molar-refractivity contribution in [1.82, 2.24) is 19.5 Å². The average molecular weight is 384 g/mol. The maximum absolute atomic E-state index is 11.7. The van der Waals surface area contributed by atoms with Crippen LogP contribution in [0.5, 0.6) is 0 Å². The van der Waals surface area contributed by atoms with Crippen LogP contribution in [0.4, 0.5) is 5.95 Å². The predicted octanol–water partition coefficient (Wildman–Crippen LogP) is -4.90. The van der Waals surface area contributed by atoms with E-state index in [0.717, 1.165) is 10.9 Å². The molecule has 5 N–H and O–H groups in total. The number of rotatable bonds is 8. The Morgan fingerprint density at radius 2 is 2.08 bits per heavy atom. The van der Waals surface area contributed by atoms with Gasteiger partial charge in [-0.25, -0.2) is 9.55 Å². The molecule has 2 heterocycles. The number of aldehydes is 2. The Balaban J connectivity index is 0.00000312. The first-order chi connectivity index (χ1) is 11.2. The van der Waals surface area contributed by atoms with Gasteiger partial charge >= 0.3 is 37.4 Å². The number of aromatic amines is 1. The molecule has 15 heteroatoms. The average Bonchev–Trinajstić information content (AvgIpc) is 2.90. The van der Waals surface area contributed by atoms with E-state index in [0.29, 0.717) is 0 Å². The van der Waals surface area contributed by atoms with Gasteiger partial charge in [0.2, 0.25) is 5.95 Å². The number of nitrogen functional groups attached to an aromatic ring is 1. The van der Waals surface area contributed by atoms with Crippen LogP contribution in [0.25, 0.3) is 11.2 Å². The molecule has 0 saturated carbocycles. The van der Waals surface area contributed by atoms with E-state index in [1.807, 2.05) is 0 Å². The molecule has 0 bridgehead atoms. The van der Waals surface area contributed by atoms with Crippen molar-refractivity contribution in [2.24, 2.45) is 0 Å². The number of hydrogen-bond donors (Lipinski definition) is 4. The van der Waals surface area contributed by atoms with Crippen molar-refractivity contribution < 1.29 is 62.8 Å². The topological polar surface area (TPSA) is 200 Å². The standard InChI is InChI=1S/C10H12N5O8P.Na/c11-10-13-8-7(9(18)14-10)12-4-15(8)6(2-17)23-5(1-16)3-22-24(19,20)21;/h1-2,4-6H,3H2,(H2,19,20,21)(H3,11,13,14,18);/q;+1. The van der Waals surface area contributed by atoms with E-state index in [1.54, 1.807) is 0 Å². The molecule has 0 amide bonds. The third-order valence-electron chi connectivity index (χ3n) is 2.71. The van der Waals surface area contributed by atoms with Gasteiger partial charge in [0.25, 0.3) is 5.56 Å². The summed E-state index contributed by atoms with van der Waals surface area (Å²) in [5.41, 5.74) is 4.58.